The van der Waals surface area contributed by atoms with Crippen molar-refractivity contribution in [1.29, 1.82) is 0 Å². The van der Waals surface area contributed by atoms with Gasteiger partial charge in [-0.25, -0.2) is 18.2 Å². The van der Waals surface area contributed by atoms with Crippen LogP contribution in [0.5, 0.6) is 5.88 Å². The molecule has 4 rings (SSSR count). The summed E-state index contributed by atoms with van der Waals surface area (Å²) in [6, 6.07) is 14.0. The molecule has 0 saturated carbocycles. The number of nitrogens with zero attached hydrogens (tertiary/aromatic N) is 4. The lowest BCUT2D eigenvalue weighted by Crippen LogP contribution is -2.07. The van der Waals surface area contributed by atoms with Gasteiger partial charge in [0.05, 0.1) is 17.0 Å². The topological polar surface area (TPSA) is 86.8 Å². The van der Waals surface area contributed by atoms with Gasteiger partial charge in [0.15, 0.2) is 0 Å². The van der Waals surface area contributed by atoms with Gasteiger partial charge in [-0.2, -0.15) is 4.98 Å². The van der Waals surface area contributed by atoms with Crippen molar-refractivity contribution in [2.45, 2.75) is 26.9 Å². The molecule has 1 aromatic carbocycles. The van der Waals surface area contributed by atoms with Crippen LogP contribution in [0, 0.1) is 19.7 Å². The largest absolute Gasteiger partial charge is 0.471 e. The number of aromatic nitrogens is 4. The Morgan fingerprint density at radius 2 is 1.64 bits per heavy atom. The van der Waals surface area contributed by atoms with Crippen molar-refractivity contribution in [3.63, 3.8) is 0 Å². The summed E-state index contributed by atoms with van der Waals surface area (Å²) in [5.74, 6) is -0.412. The fraction of sp³-hybridized carbons (Fsp3) is 0.167. The van der Waals surface area contributed by atoms with Gasteiger partial charge in [-0.05, 0) is 67.9 Å². The van der Waals surface area contributed by atoms with Crippen molar-refractivity contribution in [2.75, 3.05) is 5.73 Å². The van der Waals surface area contributed by atoms with E-state index in [9.17, 15) is 13.2 Å². The molecule has 2 N–H and O–H groups in total. The van der Waals surface area contributed by atoms with E-state index in [1.165, 1.54) is 30.3 Å². The Labute approximate surface area is 188 Å². The molecule has 0 radical (unpaired) electrons. The molecule has 0 saturated heterocycles. The molecule has 3 aromatic heterocycles. The average Bonchev–Trinajstić information content (AvgIpc) is 2.77. The summed E-state index contributed by atoms with van der Waals surface area (Å²) in [5, 5.41) is 0. The number of benzene rings is 1. The van der Waals surface area contributed by atoms with Crippen LogP contribution in [-0.4, -0.2) is 19.9 Å². The lowest BCUT2D eigenvalue weighted by atomic mass is 9.99. The van der Waals surface area contributed by atoms with Crippen LogP contribution in [0.1, 0.15) is 29.2 Å². The number of hydrogen-bond donors (Lipinski definition) is 1. The monoisotopic (exact) mass is 451 g/mol. The van der Waals surface area contributed by atoms with Crippen molar-refractivity contribution in [3.8, 4) is 28.3 Å². The maximum absolute atomic E-state index is 13.5. The number of nitrogen functional groups attached to an aromatic ring is 1. The molecule has 0 atom stereocenters. The first-order valence-electron chi connectivity index (χ1n) is 10.1. The van der Waals surface area contributed by atoms with E-state index in [-0.39, 0.29) is 18.4 Å². The van der Waals surface area contributed by atoms with Gasteiger partial charge in [0, 0.05) is 17.0 Å². The lowest BCUT2D eigenvalue weighted by Gasteiger charge is -2.16. The second kappa shape index (κ2) is 9.23. The molecule has 0 aliphatic rings. The molecule has 168 valence electrons. The SMILES string of the molecule is Cc1cccc(COc2nc(N)nc(-c3ccc(F)cc3)c2-c2cc(C)nc(C(F)F)c2)n1. The maximum atomic E-state index is 13.5. The Hall–Kier alpha value is -4.01. The van der Waals surface area contributed by atoms with Gasteiger partial charge in [-0.15, -0.1) is 0 Å². The van der Waals surface area contributed by atoms with Gasteiger partial charge in [0.2, 0.25) is 11.8 Å². The Bertz CT molecular complexity index is 1300. The van der Waals surface area contributed by atoms with E-state index >= 15 is 0 Å². The third-order valence-electron chi connectivity index (χ3n) is 4.80. The molecular weight excluding hydrogens is 431 g/mol. The maximum Gasteiger partial charge on any atom is 0.280 e. The van der Waals surface area contributed by atoms with Crippen molar-refractivity contribution in [2.24, 2.45) is 0 Å². The van der Waals surface area contributed by atoms with Crippen LogP contribution < -0.4 is 10.5 Å². The second-order valence-corrected chi connectivity index (χ2v) is 7.40. The molecule has 9 heteroatoms. The second-order valence-electron chi connectivity index (χ2n) is 7.40. The summed E-state index contributed by atoms with van der Waals surface area (Å²) >= 11 is 0. The quantitative estimate of drug-likeness (QED) is 0.419. The van der Waals surface area contributed by atoms with E-state index in [0.29, 0.717) is 33.8 Å². The minimum atomic E-state index is -2.77. The highest BCUT2D eigenvalue weighted by molar-refractivity contribution is 5.85. The summed E-state index contributed by atoms with van der Waals surface area (Å²) in [6.07, 6.45) is -2.77. The van der Waals surface area contributed by atoms with Gasteiger partial charge >= 0.3 is 0 Å². The molecule has 33 heavy (non-hydrogen) atoms. The van der Waals surface area contributed by atoms with E-state index in [1.54, 1.807) is 19.1 Å². The average molecular weight is 451 g/mol. The smallest absolute Gasteiger partial charge is 0.280 e. The number of halogens is 3. The Kier molecular flexibility index (Phi) is 6.21. The van der Waals surface area contributed by atoms with Gasteiger partial charge in [0.25, 0.3) is 6.43 Å². The summed E-state index contributed by atoms with van der Waals surface area (Å²) in [5.41, 5.74) is 8.98. The van der Waals surface area contributed by atoms with Gasteiger partial charge < -0.3 is 10.5 Å². The van der Waals surface area contributed by atoms with E-state index in [0.717, 1.165) is 5.69 Å². The first kappa shape index (κ1) is 22.2. The third-order valence-corrected chi connectivity index (χ3v) is 4.80. The summed E-state index contributed by atoms with van der Waals surface area (Å²) in [4.78, 5) is 16.9. The summed E-state index contributed by atoms with van der Waals surface area (Å²) < 4.78 is 46.5. The van der Waals surface area contributed by atoms with Gasteiger partial charge in [0.1, 0.15) is 18.1 Å². The molecule has 0 unspecified atom stereocenters. The van der Waals surface area contributed by atoms with Crippen LogP contribution in [0.4, 0.5) is 19.1 Å². The molecule has 3 heterocycles. The van der Waals surface area contributed by atoms with Gasteiger partial charge in [-0.3, -0.25) is 9.97 Å². The molecule has 6 nitrogen and oxygen atoms in total. The van der Waals surface area contributed by atoms with Crippen LogP contribution in [0.25, 0.3) is 22.4 Å². The fourth-order valence-corrected chi connectivity index (χ4v) is 3.41. The molecule has 0 amide bonds. The molecule has 4 aromatic rings. The lowest BCUT2D eigenvalue weighted by molar-refractivity contribution is 0.146. The van der Waals surface area contributed by atoms with Crippen LogP contribution in [0.3, 0.4) is 0 Å². The fourth-order valence-electron chi connectivity index (χ4n) is 3.41. The molecule has 0 aliphatic carbocycles. The highest BCUT2D eigenvalue weighted by Crippen LogP contribution is 2.39. The first-order chi connectivity index (χ1) is 15.8. The predicted molar refractivity (Wildman–Crippen MR) is 118 cm³/mol. The number of pyridine rings is 2. The molecule has 0 fully saturated rings. The van der Waals surface area contributed by atoms with Crippen molar-refractivity contribution in [1.82, 2.24) is 19.9 Å². The van der Waals surface area contributed by atoms with Gasteiger partial charge in [-0.1, -0.05) is 6.07 Å². The van der Waals surface area contributed by atoms with Crippen LogP contribution in [0.2, 0.25) is 0 Å². The standard InChI is InChI=1S/C24H20F3N5O/c1-13-4-3-5-18(29-13)12-33-23-20(16-10-14(2)30-19(11-16)22(26)27)21(31-24(28)32-23)15-6-8-17(25)9-7-15/h3-11,22H,12H2,1-2H3,(H2,28,31,32). The predicted octanol–water partition coefficient (Wildman–Crippen LogP) is 5.46. The number of aryl methyl sites for hydroxylation is 2. The summed E-state index contributed by atoms with van der Waals surface area (Å²) in [6.45, 7) is 3.54. The minimum absolute atomic E-state index is 0.0692. The summed E-state index contributed by atoms with van der Waals surface area (Å²) in [7, 11) is 0. The number of hydrogen-bond acceptors (Lipinski definition) is 6. The van der Waals surface area contributed by atoms with E-state index in [2.05, 4.69) is 19.9 Å². The van der Waals surface area contributed by atoms with E-state index < -0.39 is 17.9 Å². The Morgan fingerprint density at radius 1 is 0.879 bits per heavy atom. The van der Waals surface area contributed by atoms with Crippen LogP contribution in [-0.2, 0) is 6.61 Å². The van der Waals surface area contributed by atoms with Crippen molar-refractivity contribution >= 4 is 5.95 Å². The third kappa shape index (κ3) is 5.08. The van der Waals surface area contributed by atoms with Crippen molar-refractivity contribution < 1.29 is 17.9 Å². The zero-order valence-electron chi connectivity index (χ0n) is 17.9. The number of nitrogens with two attached hydrogens (primary N) is 1. The highest BCUT2D eigenvalue weighted by atomic mass is 19.3. The zero-order valence-corrected chi connectivity index (χ0v) is 17.9. The first-order valence-corrected chi connectivity index (χ1v) is 10.1. The van der Waals surface area contributed by atoms with Crippen LogP contribution >= 0.6 is 0 Å². The molecular formula is C24H20F3N5O. The van der Waals surface area contributed by atoms with Crippen molar-refractivity contribution in [3.05, 3.63) is 83.2 Å². The number of alkyl halides is 2. The normalized spacial score (nSPS) is 11.1. The number of ether oxygens (including phenoxy) is 1. The Balaban J connectivity index is 1.89. The van der Waals surface area contributed by atoms with E-state index in [1.807, 2.05) is 19.1 Å². The van der Waals surface area contributed by atoms with Crippen LogP contribution in [0.15, 0.2) is 54.6 Å². The minimum Gasteiger partial charge on any atom is -0.471 e. The zero-order chi connectivity index (χ0) is 23.5. The molecule has 0 spiro atoms. The number of anilines is 1. The molecule has 0 aliphatic heterocycles. The highest BCUT2D eigenvalue weighted by Gasteiger charge is 2.21. The van der Waals surface area contributed by atoms with E-state index in [4.69, 9.17) is 10.5 Å². The number of rotatable bonds is 6. The molecule has 0 bridgehead atoms. The Morgan fingerprint density at radius 3 is 2.33 bits per heavy atom.